The lowest BCUT2D eigenvalue weighted by Crippen LogP contribution is -2.33. The second-order valence-electron chi connectivity index (χ2n) is 7.47. The minimum Gasteiger partial charge on any atom is -0.446 e. The Morgan fingerprint density at radius 1 is 1.25 bits per heavy atom. The van der Waals surface area contributed by atoms with E-state index in [1.807, 2.05) is 19.9 Å². The third kappa shape index (κ3) is 5.25. The number of aromatic nitrogens is 2. The zero-order valence-corrected chi connectivity index (χ0v) is 17.0. The van der Waals surface area contributed by atoms with Crippen molar-refractivity contribution in [3.63, 3.8) is 0 Å². The second kappa shape index (κ2) is 8.22. The third-order valence-corrected chi connectivity index (χ3v) is 5.79. The van der Waals surface area contributed by atoms with E-state index < -0.39 is 9.84 Å². The number of alkyl carbamates (subject to hydrolysis) is 1. The molecule has 2 atom stereocenters. The number of hydrogen-bond donors (Lipinski definition) is 3. The lowest BCUT2D eigenvalue weighted by molar-refractivity contribution is 0.0981. The summed E-state index contributed by atoms with van der Waals surface area (Å²) in [6, 6.07) is 8.52. The molecule has 2 aromatic rings. The first kappa shape index (κ1) is 20.2. The molecule has 0 aliphatic heterocycles. The van der Waals surface area contributed by atoms with Gasteiger partial charge in [-0.05, 0) is 57.4 Å². The summed E-state index contributed by atoms with van der Waals surface area (Å²) in [6.45, 7) is 3.79. The molecule has 1 amide bonds. The van der Waals surface area contributed by atoms with E-state index in [1.54, 1.807) is 24.3 Å². The average molecular weight is 407 g/mol. The number of amides is 1. The molecule has 1 aromatic carbocycles. The Bertz CT molecular complexity index is 922. The van der Waals surface area contributed by atoms with Crippen molar-refractivity contribution in [3.05, 3.63) is 36.0 Å². The standard InChI is InChI=1S/C19H26N4O4S/c1-12(2)20-19(24)27-15-7-4-13(10-15)17-11-18(23-22-17)21-14-5-8-16(9-6-14)28(3,25)26/h5-6,8-9,11-13,15H,4,7,10H2,1-3H3,(H,20,24)(H2,21,22,23). The first-order chi connectivity index (χ1) is 13.2. The summed E-state index contributed by atoms with van der Waals surface area (Å²) in [7, 11) is -3.21. The van der Waals surface area contributed by atoms with Gasteiger partial charge in [-0.2, -0.15) is 5.10 Å². The number of benzene rings is 1. The van der Waals surface area contributed by atoms with Crippen LogP contribution in [0.1, 0.15) is 44.7 Å². The number of rotatable bonds is 6. The van der Waals surface area contributed by atoms with E-state index >= 15 is 0 Å². The Kier molecular flexibility index (Phi) is 5.93. The smallest absolute Gasteiger partial charge is 0.407 e. The normalized spacial score (nSPS) is 19.6. The molecule has 1 aromatic heterocycles. The van der Waals surface area contributed by atoms with Crippen LogP contribution in [0.3, 0.4) is 0 Å². The molecule has 2 unspecified atom stereocenters. The topological polar surface area (TPSA) is 113 Å². The molecule has 0 spiro atoms. The quantitative estimate of drug-likeness (QED) is 0.678. The molecule has 28 heavy (non-hydrogen) atoms. The van der Waals surface area contributed by atoms with E-state index in [9.17, 15) is 13.2 Å². The summed E-state index contributed by atoms with van der Waals surface area (Å²) >= 11 is 0. The van der Waals surface area contributed by atoms with Crippen LogP contribution in [0, 0.1) is 0 Å². The molecule has 152 valence electrons. The van der Waals surface area contributed by atoms with Crippen molar-refractivity contribution in [2.75, 3.05) is 11.6 Å². The van der Waals surface area contributed by atoms with Gasteiger partial charge in [-0.1, -0.05) is 0 Å². The molecule has 8 nitrogen and oxygen atoms in total. The SMILES string of the molecule is CC(C)NC(=O)OC1CCC(c2cc(Nc3ccc(S(C)(=O)=O)cc3)n[nH]2)C1. The zero-order valence-electron chi connectivity index (χ0n) is 16.2. The molecule has 9 heteroatoms. The molecule has 1 aliphatic rings. The van der Waals surface area contributed by atoms with E-state index in [0.29, 0.717) is 5.82 Å². The maximum Gasteiger partial charge on any atom is 0.407 e. The number of aromatic amines is 1. The molecule has 0 radical (unpaired) electrons. The van der Waals surface area contributed by atoms with Gasteiger partial charge in [-0.15, -0.1) is 0 Å². The number of carbonyl (C=O) groups is 1. The zero-order chi connectivity index (χ0) is 20.3. The molecule has 1 aliphatic carbocycles. The van der Waals surface area contributed by atoms with E-state index in [-0.39, 0.29) is 29.1 Å². The number of sulfone groups is 1. The van der Waals surface area contributed by atoms with E-state index in [0.717, 1.165) is 30.6 Å². The average Bonchev–Trinajstić information content (AvgIpc) is 3.23. The van der Waals surface area contributed by atoms with Crippen molar-refractivity contribution in [2.24, 2.45) is 0 Å². The minimum atomic E-state index is -3.21. The lowest BCUT2D eigenvalue weighted by Gasteiger charge is -2.14. The van der Waals surface area contributed by atoms with Crippen LogP contribution in [-0.2, 0) is 14.6 Å². The Morgan fingerprint density at radius 2 is 1.96 bits per heavy atom. The van der Waals surface area contributed by atoms with Crippen molar-refractivity contribution in [1.82, 2.24) is 15.5 Å². The van der Waals surface area contributed by atoms with Gasteiger partial charge >= 0.3 is 6.09 Å². The van der Waals surface area contributed by atoms with Gasteiger partial charge in [-0.25, -0.2) is 13.2 Å². The summed E-state index contributed by atoms with van der Waals surface area (Å²) in [5.41, 5.74) is 1.74. The first-order valence-electron chi connectivity index (χ1n) is 9.30. The van der Waals surface area contributed by atoms with Gasteiger partial charge in [0.25, 0.3) is 0 Å². The predicted molar refractivity (Wildman–Crippen MR) is 107 cm³/mol. The molecule has 0 saturated heterocycles. The molecule has 1 fully saturated rings. The number of ether oxygens (including phenoxy) is 1. The van der Waals surface area contributed by atoms with Crippen LogP contribution >= 0.6 is 0 Å². The molecule has 0 bridgehead atoms. The Hall–Kier alpha value is -2.55. The van der Waals surface area contributed by atoms with E-state index in [1.165, 1.54) is 6.26 Å². The van der Waals surface area contributed by atoms with Crippen molar-refractivity contribution >= 4 is 27.4 Å². The summed E-state index contributed by atoms with van der Waals surface area (Å²) in [4.78, 5) is 12.0. The van der Waals surface area contributed by atoms with Gasteiger partial charge in [0.2, 0.25) is 0 Å². The molecule has 3 N–H and O–H groups in total. The van der Waals surface area contributed by atoms with Crippen LogP contribution in [0.25, 0.3) is 0 Å². The maximum atomic E-state index is 11.7. The van der Waals surface area contributed by atoms with Gasteiger partial charge in [0.1, 0.15) is 6.10 Å². The van der Waals surface area contributed by atoms with Gasteiger partial charge in [0.15, 0.2) is 15.7 Å². The fourth-order valence-corrected chi connectivity index (χ4v) is 3.92. The monoisotopic (exact) mass is 406 g/mol. The van der Waals surface area contributed by atoms with Crippen molar-refractivity contribution in [2.45, 2.75) is 56.1 Å². The number of H-pyrrole nitrogens is 1. The highest BCUT2D eigenvalue weighted by atomic mass is 32.2. The lowest BCUT2D eigenvalue weighted by atomic mass is 10.0. The van der Waals surface area contributed by atoms with Gasteiger partial charge in [-0.3, -0.25) is 5.10 Å². The van der Waals surface area contributed by atoms with Crippen LogP contribution in [-0.4, -0.2) is 43.1 Å². The van der Waals surface area contributed by atoms with E-state index in [2.05, 4.69) is 20.8 Å². The Morgan fingerprint density at radius 3 is 2.61 bits per heavy atom. The summed E-state index contributed by atoms with van der Waals surface area (Å²) < 4.78 is 28.5. The Labute approximate surface area is 165 Å². The van der Waals surface area contributed by atoms with Crippen LogP contribution in [0.2, 0.25) is 0 Å². The highest BCUT2D eigenvalue weighted by molar-refractivity contribution is 7.90. The van der Waals surface area contributed by atoms with Crippen molar-refractivity contribution in [3.8, 4) is 0 Å². The highest BCUT2D eigenvalue weighted by Gasteiger charge is 2.30. The minimum absolute atomic E-state index is 0.0532. The number of anilines is 2. The summed E-state index contributed by atoms with van der Waals surface area (Å²) in [6.07, 6.45) is 3.23. The summed E-state index contributed by atoms with van der Waals surface area (Å²) in [5.74, 6) is 0.913. The fourth-order valence-electron chi connectivity index (χ4n) is 3.29. The molecule has 1 saturated carbocycles. The van der Waals surface area contributed by atoms with Crippen LogP contribution in [0.5, 0.6) is 0 Å². The fraction of sp³-hybridized carbons (Fsp3) is 0.474. The van der Waals surface area contributed by atoms with Gasteiger partial charge < -0.3 is 15.4 Å². The van der Waals surface area contributed by atoms with Gasteiger partial charge in [0.05, 0.1) is 4.90 Å². The highest BCUT2D eigenvalue weighted by Crippen LogP contribution is 2.36. The molecular formula is C19H26N4O4S. The maximum absolute atomic E-state index is 11.7. The molecular weight excluding hydrogens is 380 g/mol. The largest absolute Gasteiger partial charge is 0.446 e. The number of carbonyl (C=O) groups excluding carboxylic acids is 1. The Balaban J connectivity index is 1.56. The van der Waals surface area contributed by atoms with Crippen LogP contribution < -0.4 is 10.6 Å². The number of hydrogen-bond acceptors (Lipinski definition) is 6. The first-order valence-corrected chi connectivity index (χ1v) is 11.2. The van der Waals surface area contributed by atoms with Crippen LogP contribution in [0.15, 0.2) is 35.2 Å². The number of nitrogens with one attached hydrogen (secondary N) is 3. The van der Waals surface area contributed by atoms with Gasteiger partial charge in [0, 0.05) is 35.7 Å². The van der Waals surface area contributed by atoms with Crippen LogP contribution in [0.4, 0.5) is 16.3 Å². The van der Waals surface area contributed by atoms with Crippen molar-refractivity contribution in [1.29, 1.82) is 0 Å². The summed E-state index contributed by atoms with van der Waals surface area (Å²) in [5, 5.41) is 13.2. The predicted octanol–water partition coefficient (Wildman–Crippen LogP) is 3.33. The molecule has 1 heterocycles. The molecule has 3 rings (SSSR count). The third-order valence-electron chi connectivity index (χ3n) is 4.66. The number of nitrogens with zero attached hydrogens (tertiary/aromatic N) is 1. The second-order valence-corrected chi connectivity index (χ2v) is 9.48. The van der Waals surface area contributed by atoms with Crippen molar-refractivity contribution < 1.29 is 17.9 Å². The van der Waals surface area contributed by atoms with E-state index in [4.69, 9.17) is 4.74 Å².